The zero-order valence-electron chi connectivity index (χ0n) is 9.26. The van der Waals surface area contributed by atoms with Crippen molar-refractivity contribution >= 4 is 11.7 Å². The maximum absolute atomic E-state index is 10.7. The van der Waals surface area contributed by atoms with E-state index in [1.165, 1.54) is 12.1 Å². The van der Waals surface area contributed by atoms with E-state index < -0.39 is 5.97 Å². The highest BCUT2D eigenvalue weighted by molar-refractivity contribution is 5.86. The Labute approximate surface area is 98.4 Å². The number of aromatic carboxylic acids is 1. The van der Waals surface area contributed by atoms with E-state index in [1.54, 1.807) is 0 Å². The van der Waals surface area contributed by atoms with Crippen LogP contribution in [-0.2, 0) is 4.74 Å². The molecule has 2 heterocycles. The average molecular weight is 238 g/mol. The molecule has 1 unspecified atom stereocenters. The lowest BCUT2D eigenvalue weighted by Gasteiger charge is -2.11. The first-order valence-electron chi connectivity index (χ1n) is 5.37. The van der Waals surface area contributed by atoms with E-state index in [9.17, 15) is 4.79 Å². The number of nitrogen functional groups attached to an aromatic ring is 1. The monoisotopic (exact) mass is 238 g/mol. The normalized spacial score (nSPS) is 19.2. The van der Waals surface area contributed by atoms with Gasteiger partial charge in [-0.3, -0.25) is 0 Å². The summed E-state index contributed by atoms with van der Waals surface area (Å²) in [5, 5.41) is 8.80. The molecule has 0 spiro atoms. The van der Waals surface area contributed by atoms with Crippen molar-refractivity contribution < 1.29 is 19.4 Å². The van der Waals surface area contributed by atoms with Crippen LogP contribution in [0, 0.1) is 5.92 Å². The SMILES string of the molecule is Nc1ccc(C(=O)O)nc1OCC1CCOC1. The summed E-state index contributed by atoms with van der Waals surface area (Å²) < 4.78 is 10.6. The van der Waals surface area contributed by atoms with Crippen LogP contribution in [0.4, 0.5) is 5.69 Å². The Hall–Kier alpha value is -1.82. The number of hydrogen-bond acceptors (Lipinski definition) is 5. The van der Waals surface area contributed by atoms with Gasteiger partial charge in [-0.25, -0.2) is 9.78 Å². The number of hydrogen-bond donors (Lipinski definition) is 2. The van der Waals surface area contributed by atoms with E-state index in [2.05, 4.69) is 4.98 Å². The molecule has 0 aromatic carbocycles. The second kappa shape index (κ2) is 5.01. The highest BCUT2D eigenvalue weighted by Crippen LogP contribution is 2.21. The molecule has 1 fully saturated rings. The van der Waals surface area contributed by atoms with Gasteiger partial charge in [0.1, 0.15) is 0 Å². The van der Waals surface area contributed by atoms with Gasteiger partial charge < -0.3 is 20.3 Å². The predicted molar refractivity (Wildman–Crippen MR) is 60.0 cm³/mol. The third-order valence-corrected chi connectivity index (χ3v) is 2.59. The minimum absolute atomic E-state index is 0.0723. The van der Waals surface area contributed by atoms with Gasteiger partial charge in [-0.15, -0.1) is 0 Å². The van der Waals surface area contributed by atoms with Crippen molar-refractivity contribution in [1.29, 1.82) is 0 Å². The summed E-state index contributed by atoms with van der Waals surface area (Å²) in [6.45, 7) is 1.85. The van der Waals surface area contributed by atoms with Gasteiger partial charge in [0.05, 0.1) is 18.9 Å². The molecule has 0 aliphatic carbocycles. The van der Waals surface area contributed by atoms with Crippen LogP contribution >= 0.6 is 0 Å². The Kier molecular flexibility index (Phi) is 3.43. The number of nitrogens with zero attached hydrogens (tertiary/aromatic N) is 1. The number of nitrogens with two attached hydrogens (primary N) is 1. The fraction of sp³-hybridized carbons (Fsp3) is 0.455. The van der Waals surface area contributed by atoms with Gasteiger partial charge in [0.25, 0.3) is 0 Å². The maximum atomic E-state index is 10.7. The molecule has 1 aliphatic rings. The molecule has 92 valence electrons. The van der Waals surface area contributed by atoms with Gasteiger partial charge in [0.15, 0.2) is 5.69 Å². The molecule has 1 aromatic heterocycles. The summed E-state index contributed by atoms with van der Waals surface area (Å²) in [5.74, 6) is -0.597. The zero-order valence-corrected chi connectivity index (χ0v) is 9.26. The Morgan fingerprint density at radius 1 is 1.65 bits per heavy atom. The largest absolute Gasteiger partial charge is 0.477 e. The highest BCUT2D eigenvalue weighted by atomic mass is 16.5. The summed E-state index contributed by atoms with van der Waals surface area (Å²) in [5.41, 5.74) is 5.93. The molecule has 3 N–H and O–H groups in total. The van der Waals surface area contributed by atoms with Gasteiger partial charge in [-0.2, -0.15) is 0 Å². The molecule has 0 saturated carbocycles. The number of carboxylic acid groups (broad SMARTS) is 1. The number of aromatic nitrogens is 1. The van der Waals surface area contributed by atoms with Crippen molar-refractivity contribution in [3.05, 3.63) is 17.8 Å². The summed E-state index contributed by atoms with van der Waals surface area (Å²) in [6, 6.07) is 2.83. The highest BCUT2D eigenvalue weighted by Gasteiger charge is 2.17. The first kappa shape index (κ1) is 11.7. The fourth-order valence-electron chi connectivity index (χ4n) is 1.60. The van der Waals surface area contributed by atoms with Gasteiger partial charge in [0, 0.05) is 12.5 Å². The van der Waals surface area contributed by atoms with Gasteiger partial charge in [0.2, 0.25) is 5.88 Å². The quantitative estimate of drug-likeness (QED) is 0.804. The smallest absolute Gasteiger partial charge is 0.354 e. The van der Waals surface area contributed by atoms with Gasteiger partial charge >= 0.3 is 5.97 Å². The first-order chi connectivity index (χ1) is 8.16. The van der Waals surface area contributed by atoms with Crippen LogP contribution in [0.3, 0.4) is 0 Å². The lowest BCUT2D eigenvalue weighted by Crippen LogP contribution is -2.14. The molecule has 0 bridgehead atoms. The van der Waals surface area contributed by atoms with Crippen LogP contribution in [0.5, 0.6) is 5.88 Å². The van der Waals surface area contributed by atoms with Crippen LogP contribution in [0.2, 0.25) is 0 Å². The Bertz CT molecular complexity index is 416. The van der Waals surface area contributed by atoms with E-state index in [0.29, 0.717) is 24.8 Å². The molecule has 1 aliphatic heterocycles. The predicted octanol–water partition coefficient (Wildman–Crippen LogP) is 0.777. The topological polar surface area (TPSA) is 94.7 Å². The molecule has 1 aromatic rings. The molecule has 0 radical (unpaired) electrons. The lowest BCUT2D eigenvalue weighted by molar-refractivity contribution is 0.0689. The molecular weight excluding hydrogens is 224 g/mol. The fourth-order valence-corrected chi connectivity index (χ4v) is 1.60. The standard InChI is InChI=1S/C11H14N2O4/c12-8-1-2-9(11(14)15)13-10(8)17-6-7-3-4-16-5-7/h1-2,7H,3-6,12H2,(H,14,15). The molecule has 6 heteroatoms. The average Bonchev–Trinajstić information content (AvgIpc) is 2.80. The van der Waals surface area contributed by atoms with Crippen molar-refractivity contribution in [1.82, 2.24) is 4.98 Å². The molecule has 17 heavy (non-hydrogen) atoms. The molecular formula is C11H14N2O4. The second-order valence-electron chi connectivity index (χ2n) is 3.94. The second-order valence-corrected chi connectivity index (χ2v) is 3.94. The van der Waals surface area contributed by atoms with Crippen molar-refractivity contribution in [2.24, 2.45) is 5.92 Å². The van der Waals surface area contributed by atoms with E-state index in [1.807, 2.05) is 0 Å². The minimum atomic E-state index is -1.10. The Morgan fingerprint density at radius 3 is 3.12 bits per heavy atom. The van der Waals surface area contributed by atoms with Crippen molar-refractivity contribution in [3.63, 3.8) is 0 Å². The number of carbonyl (C=O) groups is 1. The van der Waals surface area contributed by atoms with Crippen LogP contribution in [0.1, 0.15) is 16.9 Å². The van der Waals surface area contributed by atoms with Crippen LogP contribution in [0.25, 0.3) is 0 Å². The van der Waals surface area contributed by atoms with Crippen LogP contribution in [0.15, 0.2) is 12.1 Å². The number of anilines is 1. The van der Waals surface area contributed by atoms with E-state index >= 15 is 0 Å². The van der Waals surface area contributed by atoms with Crippen molar-refractivity contribution in [3.8, 4) is 5.88 Å². The summed E-state index contributed by atoms with van der Waals surface area (Å²) in [7, 11) is 0. The zero-order chi connectivity index (χ0) is 12.3. The molecule has 2 rings (SSSR count). The molecule has 6 nitrogen and oxygen atoms in total. The van der Waals surface area contributed by atoms with Gasteiger partial charge in [-0.05, 0) is 18.6 Å². The van der Waals surface area contributed by atoms with Crippen LogP contribution in [-0.4, -0.2) is 35.9 Å². The van der Waals surface area contributed by atoms with Crippen molar-refractivity contribution in [2.45, 2.75) is 6.42 Å². The maximum Gasteiger partial charge on any atom is 0.354 e. The number of pyridine rings is 1. The van der Waals surface area contributed by atoms with E-state index in [4.69, 9.17) is 20.3 Å². The number of rotatable bonds is 4. The first-order valence-corrected chi connectivity index (χ1v) is 5.37. The molecule has 0 amide bonds. The molecule has 1 saturated heterocycles. The lowest BCUT2D eigenvalue weighted by atomic mass is 10.1. The minimum Gasteiger partial charge on any atom is -0.477 e. The third kappa shape index (κ3) is 2.85. The van der Waals surface area contributed by atoms with Crippen LogP contribution < -0.4 is 10.5 Å². The number of ether oxygens (including phenoxy) is 2. The van der Waals surface area contributed by atoms with Gasteiger partial charge in [-0.1, -0.05) is 0 Å². The van der Waals surface area contributed by atoms with E-state index in [-0.39, 0.29) is 11.6 Å². The molecule has 1 atom stereocenters. The summed E-state index contributed by atoms with van der Waals surface area (Å²) >= 11 is 0. The summed E-state index contributed by atoms with van der Waals surface area (Å²) in [4.78, 5) is 14.6. The number of carboxylic acids is 1. The van der Waals surface area contributed by atoms with Crippen molar-refractivity contribution in [2.75, 3.05) is 25.6 Å². The third-order valence-electron chi connectivity index (χ3n) is 2.59. The Morgan fingerprint density at radius 2 is 2.47 bits per heavy atom. The summed E-state index contributed by atoms with van der Waals surface area (Å²) in [6.07, 6.45) is 0.943. The van der Waals surface area contributed by atoms with E-state index in [0.717, 1.165) is 13.0 Å². The Balaban J connectivity index is 2.03.